The Kier molecular flexibility index (Phi) is 5.22. The summed E-state index contributed by atoms with van der Waals surface area (Å²) in [7, 11) is 0. The number of carbonyl (C=O) groups excluding carboxylic acids is 2. The predicted molar refractivity (Wildman–Crippen MR) is 106 cm³/mol. The quantitative estimate of drug-likeness (QED) is 0.620. The molecule has 2 atom stereocenters. The molecule has 6 nitrogen and oxygen atoms in total. The Labute approximate surface area is 172 Å². The van der Waals surface area contributed by atoms with Gasteiger partial charge in [0.15, 0.2) is 6.61 Å². The van der Waals surface area contributed by atoms with Gasteiger partial charge in [0.25, 0.3) is 5.91 Å². The normalized spacial score (nSPS) is 32.8. The van der Waals surface area contributed by atoms with Crippen LogP contribution in [0.3, 0.4) is 0 Å². The fourth-order valence-corrected chi connectivity index (χ4v) is 5.64. The maximum absolute atomic E-state index is 13.4. The van der Waals surface area contributed by atoms with E-state index in [1.165, 1.54) is 12.1 Å². The van der Waals surface area contributed by atoms with Crippen LogP contribution < -0.4 is 20.7 Å². The van der Waals surface area contributed by atoms with Crippen LogP contribution in [-0.2, 0) is 9.59 Å². The van der Waals surface area contributed by atoms with Gasteiger partial charge < -0.3 is 20.7 Å². The van der Waals surface area contributed by atoms with E-state index in [2.05, 4.69) is 22.9 Å². The zero-order valence-corrected chi connectivity index (χ0v) is 17.1. The molecule has 0 radical (unpaired) electrons. The number of ether oxygens (including phenoxy) is 1. The van der Waals surface area contributed by atoms with E-state index in [0.717, 1.165) is 11.8 Å². The molecular weight excluding hydrogens is 405 g/mol. The molecule has 1 saturated heterocycles. The molecule has 5 rings (SSSR count). The number of thioether (sulfide) groups is 1. The van der Waals surface area contributed by atoms with Gasteiger partial charge in [-0.15, -0.1) is 11.8 Å². The topological polar surface area (TPSA) is 79.5 Å². The molecule has 28 heavy (non-hydrogen) atoms. The highest BCUT2D eigenvalue weighted by atomic mass is 35.5. The monoisotopic (exact) mass is 427 g/mol. The fraction of sp³-hybridized carbons (Fsp3) is 0.579. The van der Waals surface area contributed by atoms with Gasteiger partial charge in [0.05, 0.1) is 15.8 Å². The first-order chi connectivity index (χ1) is 13.3. The molecule has 1 aliphatic heterocycles. The second-order valence-electron chi connectivity index (χ2n) is 8.10. The van der Waals surface area contributed by atoms with Crippen LogP contribution in [0.1, 0.15) is 26.2 Å². The van der Waals surface area contributed by atoms with Crippen molar-refractivity contribution < 1.29 is 18.7 Å². The van der Waals surface area contributed by atoms with Crippen molar-refractivity contribution in [2.75, 3.05) is 18.9 Å². The minimum Gasteiger partial charge on any atom is -0.484 e. The molecule has 4 fully saturated rings. The number of hydrogen-bond donors (Lipinski definition) is 3. The largest absolute Gasteiger partial charge is 0.484 e. The van der Waals surface area contributed by atoms with Crippen molar-refractivity contribution in [2.45, 2.75) is 43.1 Å². The Hall–Kier alpha value is -1.51. The fourth-order valence-electron chi connectivity index (χ4n) is 4.37. The third-order valence-electron chi connectivity index (χ3n) is 5.64. The highest BCUT2D eigenvalue weighted by Crippen LogP contribution is 2.67. The molecule has 3 saturated carbocycles. The number of amides is 2. The zero-order valence-electron chi connectivity index (χ0n) is 15.5. The van der Waals surface area contributed by atoms with Gasteiger partial charge in [-0.05, 0) is 38.3 Å². The Morgan fingerprint density at radius 3 is 2.79 bits per heavy atom. The lowest BCUT2D eigenvalue weighted by Crippen LogP contribution is -2.78. The molecule has 3 aliphatic carbocycles. The summed E-state index contributed by atoms with van der Waals surface area (Å²) in [5.74, 6) is 0.528. The van der Waals surface area contributed by atoms with Gasteiger partial charge in [-0.25, -0.2) is 4.39 Å². The first-order valence-corrected chi connectivity index (χ1v) is 10.8. The molecule has 1 aromatic rings. The molecule has 4 aliphatic rings. The van der Waals surface area contributed by atoms with E-state index in [9.17, 15) is 14.0 Å². The first kappa shape index (κ1) is 19.8. The highest BCUT2D eigenvalue weighted by molar-refractivity contribution is 8.00. The molecule has 3 N–H and O–H groups in total. The van der Waals surface area contributed by atoms with Gasteiger partial charge in [0.2, 0.25) is 5.91 Å². The summed E-state index contributed by atoms with van der Waals surface area (Å²) in [5.41, 5.74) is -0.625. The van der Waals surface area contributed by atoms with Gasteiger partial charge in [0, 0.05) is 29.9 Å². The lowest BCUT2D eigenvalue weighted by atomic mass is 9.39. The number of carbonyl (C=O) groups is 2. The number of rotatable bonds is 7. The van der Waals surface area contributed by atoms with Gasteiger partial charge >= 0.3 is 0 Å². The second kappa shape index (κ2) is 7.39. The van der Waals surface area contributed by atoms with E-state index in [4.69, 9.17) is 16.3 Å². The molecule has 2 amide bonds. The Balaban J connectivity index is 1.18. The molecule has 2 bridgehead atoms. The van der Waals surface area contributed by atoms with E-state index in [-0.39, 0.29) is 45.5 Å². The summed E-state index contributed by atoms with van der Waals surface area (Å²) >= 11 is 7.45. The van der Waals surface area contributed by atoms with Crippen LogP contribution in [0, 0.1) is 11.2 Å². The minimum atomic E-state index is -0.590. The molecule has 1 heterocycles. The van der Waals surface area contributed by atoms with Gasteiger partial charge in [0.1, 0.15) is 11.6 Å². The second-order valence-corrected chi connectivity index (χ2v) is 9.75. The summed E-state index contributed by atoms with van der Waals surface area (Å²) in [5, 5.41) is 9.71. The van der Waals surface area contributed by atoms with Crippen molar-refractivity contribution in [1.82, 2.24) is 16.0 Å². The number of nitrogens with one attached hydrogen (secondary N) is 3. The van der Waals surface area contributed by atoms with Gasteiger partial charge in [-0.1, -0.05) is 11.6 Å². The summed E-state index contributed by atoms with van der Waals surface area (Å²) in [6, 6.07) is 4.52. The maximum atomic E-state index is 13.4. The SMILES string of the molecule is CC1CSC(CNC(=O)C23CC(NC(=O)COc4ccc(Cl)c(F)c4)(C2)C3)N1. The van der Waals surface area contributed by atoms with Crippen LogP contribution in [0.25, 0.3) is 0 Å². The van der Waals surface area contributed by atoms with Crippen LogP contribution in [0.15, 0.2) is 18.2 Å². The highest BCUT2D eigenvalue weighted by Gasteiger charge is 2.72. The van der Waals surface area contributed by atoms with Crippen molar-refractivity contribution in [2.24, 2.45) is 5.41 Å². The smallest absolute Gasteiger partial charge is 0.258 e. The molecule has 0 spiro atoms. The van der Waals surface area contributed by atoms with Gasteiger partial charge in [-0.3, -0.25) is 9.59 Å². The molecule has 1 aromatic carbocycles. The van der Waals surface area contributed by atoms with E-state index in [1.807, 2.05) is 11.8 Å². The van der Waals surface area contributed by atoms with Crippen molar-refractivity contribution >= 4 is 35.2 Å². The molecule has 0 aromatic heterocycles. The average Bonchev–Trinajstić information content (AvgIpc) is 3.01. The molecule has 2 unspecified atom stereocenters. The lowest BCUT2D eigenvalue weighted by molar-refractivity contribution is -0.183. The first-order valence-electron chi connectivity index (χ1n) is 9.34. The number of halogens is 2. The summed E-state index contributed by atoms with van der Waals surface area (Å²) < 4.78 is 18.7. The van der Waals surface area contributed by atoms with Crippen LogP contribution in [0.5, 0.6) is 5.75 Å². The molecule has 152 valence electrons. The molecular formula is C19H23ClFN3O3S. The minimum absolute atomic E-state index is 0.00561. The third kappa shape index (κ3) is 3.82. The van der Waals surface area contributed by atoms with Crippen molar-refractivity contribution in [3.05, 3.63) is 29.0 Å². The predicted octanol–water partition coefficient (Wildman–Crippen LogP) is 2.06. The molecule has 9 heteroatoms. The summed E-state index contributed by atoms with van der Waals surface area (Å²) in [6.07, 6.45) is 1.98. The van der Waals surface area contributed by atoms with E-state index < -0.39 is 5.82 Å². The third-order valence-corrected chi connectivity index (χ3v) is 7.35. The maximum Gasteiger partial charge on any atom is 0.258 e. The standard InChI is InChI=1S/C19H23ClFN3O3S/c1-11-7-28-16(23-11)5-22-17(26)18-8-19(9-18,10-18)24-15(25)6-27-12-2-3-13(20)14(21)4-12/h2-4,11,16,23H,5-10H2,1H3,(H,22,26)(H,24,25). The number of benzene rings is 1. The van der Waals surface area contributed by atoms with E-state index in [0.29, 0.717) is 31.8 Å². The van der Waals surface area contributed by atoms with Crippen molar-refractivity contribution in [3.63, 3.8) is 0 Å². The van der Waals surface area contributed by atoms with E-state index >= 15 is 0 Å². The average molecular weight is 428 g/mol. The van der Waals surface area contributed by atoms with E-state index in [1.54, 1.807) is 0 Å². The Morgan fingerprint density at radius 1 is 1.39 bits per heavy atom. The van der Waals surface area contributed by atoms with Crippen LogP contribution >= 0.6 is 23.4 Å². The number of hydrogen-bond acceptors (Lipinski definition) is 5. The summed E-state index contributed by atoms with van der Waals surface area (Å²) in [4.78, 5) is 24.6. The summed E-state index contributed by atoms with van der Waals surface area (Å²) in [6.45, 7) is 2.56. The van der Waals surface area contributed by atoms with Crippen LogP contribution in [-0.4, -0.2) is 47.7 Å². The Bertz CT molecular complexity index is 789. The van der Waals surface area contributed by atoms with Crippen LogP contribution in [0.2, 0.25) is 5.02 Å². The lowest BCUT2D eigenvalue weighted by Gasteiger charge is -2.69. The van der Waals surface area contributed by atoms with Crippen molar-refractivity contribution in [1.29, 1.82) is 0 Å². The van der Waals surface area contributed by atoms with Crippen LogP contribution in [0.4, 0.5) is 4.39 Å². The Morgan fingerprint density at radius 2 is 2.14 bits per heavy atom. The van der Waals surface area contributed by atoms with Crippen molar-refractivity contribution in [3.8, 4) is 5.75 Å². The zero-order chi connectivity index (χ0) is 19.9. The van der Waals surface area contributed by atoms with Gasteiger partial charge in [-0.2, -0.15) is 0 Å².